The van der Waals surface area contributed by atoms with Crippen molar-refractivity contribution in [2.75, 3.05) is 18.9 Å². The molecule has 0 fully saturated rings. The van der Waals surface area contributed by atoms with Crippen molar-refractivity contribution in [1.82, 2.24) is 4.72 Å². The molecular weight excluding hydrogens is 282 g/mol. The van der Waals surface area contributed by atoms with E-state index in [4.69, 9.17) is 0 Å². The van der Waals surface area contributed by atoms with E-state index < -0.39 is 20.6 Å². The van der Waals surface area contributed by atoms with Crippen LogP contribution in [0.3, 0.4) is 0 Å². The van der Waals surface area contributed by atoms with Crippen molar-refractivity contribution in [1.29, 1.82) is 0 Å². The molecule has 0 spiro atoms. The molecule has 0 atom stereocenters. The van der Waals surface area contributed by atoms with Crippen molar-refractivity contribution in [2.45, 2.75) is 25.2 Å². The van der Waals surface area contributed by atoms with Gasteiger partial charge in [-0.15, -0.1) is 0 Å². The van der Waals surface area contributed by atoms with E-state index in [0.717, 1.165) is 0 Å². The average molecular weight is 301 g/mol. The molecule has 1 aromatic rings. The van der Waals surface area contributed by atoms with Gasteiger partial charge in [0.2, 0.25) is 10.0 Å². The maximum atomic E-state index is 12.2. The maximum absolute atomic E-state index is 12.2. The minimum Gasteiger partial charge on any atom is -0.383 e. The molecule has 8 heteroatoms. The van der Waals surface area contributed by atoms with Gasteiger partial charge in [0.05, 0.1) is 4.92 Å². The van der Waals surface area contributed by atoms with Gasteiger partial charge in [-0.05, 0) is 24.5 Å². The largest absolute Gasteiger partial charge is 0.383 e. The summed E-state index contributed by atoms with van der Waals surface area (Å²) in [5, 5.41) is 13.7. The van der Waals surface area contributed by atoms with Crippen LogP contribution >= 0.6 is 0 Å². The van der Waals surface area contributed by atoms with Crippen LogP contribution in [0, 0.1) is 16.0 Å². The number of benzene rings is 1. The van der Waals surface area contributed by atoms with E-state index in [2.05, 4.69) is 10.0 Å². The lowest BCUT2D eigenvalue weighted by Crippen LogP contribution is -2.26. The van der Waals surface area contributed by atoms with E-state index in [9.17, 15) is 18.5 Å². The highest BCUT2D eigenvalue weighted by Gasteiger charge is 2.28. The third-order valence-corrected chi connectivity index (χ3v) is 4.25. The van der Waals surface area contributed by atoms with Gasteiger partial charge in [-0.1, -0.05) is 19.9 Å². The molecule has 0 heterocycles. The first-order valence-corrected chi connectivity index (χ1v) is 7.72. The van der Waals surface area contributed by atoms with Crippen LogP contribution in [0.5, 0.6) is 0 Å². The van der Waals surface area contributed by atoms with Crippen molar-refractivity contribution in [3.8, 4) is 0 Å². The van der Waals surface area contributed by atoms with E-state index in [1.165, 1.54) is 25.2 Å². The Morgan fingerprint density at radius 1 is 1.35 bits per heavy atom. The summed E-state index contributed by atoms with van der Waals surface area (Å²) in [6.45, 7) is 4.19. The summed E-state index contributed by atoms with van der Waals surface area (Å²) < 4.78 is 26.7. The first-order chi connectivity index (χ1) is 9.29. The topological polar surface area (TPSA) is 101 Å². The third kappa shape index (κ3) is 3.91. The van der Waals surface area contributed by atoms with Crippen molar-refractivity contribution in [3.05, 3.63) is 28.3 Å². The van der Waals surface area contributed by atoms with Crippen LogP contribution in [0.15, 0.2) is 23.1 Å². The van der Waals surface area contributed by atoms with Gasteiger partial charge in [-0.2, -0.15) is 0 Å². The predicted molar refractivity (Wildman–Crippen MR) is 77.3 cm³/mol. The number of hydrogen-bond acceptors (Lipinski definition) is 5. The molecule has 0 saturated carbocycles. The number of para-hydroxylation sites is 1. The van der Waals surface area contributed by atoms with Gasteiger partial charge in [-0.3, -0.25) is 10.1 Å². The van der Waals surface area contributed by atoms with Crippen LogP contribution in [0.1, 0.15) is 20.3 Å². The fraction of sp³-hybridized carbons (Fsp3) is 0.500. The first kappa shape index (κ1) is 16.4. The van der Waals surface area contributed by atoms with Gasteiger partial charge in [0, 0.05) is 13.6 Å². The maximum Gasteiger partial charge on any atom is 0.312 e. The summed E-state index contributed by atoms with van der Waals surface area (Å²) in [5.41, 5.74) is -0.270. The molecule has 0 aliphatic heterocycles. The Balaban J connectivity index is 3.15. The smallest absolute Gasteiger partial charge is 0.312 e. The Morgan fingerprint density at radius 2 is 2.00 bits per heavy atom. The van der Waals surface area contributed by atoms with Gasteiger partial charge in [0.1, 0.15) is 5.69 Å². The lowest BCUT2D eigenvalue weighted by Gasteiger charge is -2.10. The Hall–Kier alpha value is -1.67. The van der Waals surface area contributed by atoms with Gasteiger partial charge >= 0.3 is 5.69 Å². The summed E-state index contributed by atoms with van der Waals surface area (Å²) in [5.74, 6) is 0.344. The van der Waals surface area contributed by atoms with E-state index >= 15 is 0 Å². The number of nitro groups is 1. The number of nitrogens with one attached hydrogen (secondary N) is 2. The molecule has 2 N–H and O–H groups in total. The summed E-state index contributed by atoms with van der Waals surface area (Å²) >= 11 is 0. The zero-order chi connectivity index (χ0) is 15.3. The monoisotopic (exact) mass is 301 g/mol. The lowest BCUT2D eigenvalue weighted by molar-refractivity contribution is -0.386. The number of nitro benzene ring substituents is 1. The molecule has 0 saturated heterocycles. The van der Waals surface area contributed by atoms with Crippen LogP contribution in [0.25, 0.3) is 0 Å². The number of sulfonamides is 1. The van der Waals surface area contributed by atoms with Crippen LogP contribution < -0.4 is 10.0 Å². The molecule has 0 radical (unpaired) electrons. The molecule has 0 aliphatic rings. The van der Waals surface area contributed by atoms with E-state index in [1.807, 2.05) is 13.8 Å². The number of rotatable bonds is 7. The average Bonchev–Trinajstić information content (AvgIpc) is 2.36. The fourth-order valence-corrected chi connectivity index (χ4v) is 2.93. The summed E-state index contributed by atoms with van der Waals surface area (Å²) in [6, 6.07) is 4.16. The molecule has 1 aromatic carbocycles. The molecule has 0 unspecified atom stereocenters. The predicted octanol–water partition coefficient (Wildman–Crippen LogP) is 1.96. The molecule has 1 rings (SSSR count). The molecule has 7 nitrogen and oxygen atoms in total. The number of nitrogens with zero attached hydrogens (tertiary/aromatic N) is 1. The first-order valence-electron chi connectivity index (χ1n) is 6.24. The molecular formula is C12H19N3O4S. The van der Waals surface area contributed by atoms with E-state index in [0.29, 0.717) is 12.3 Å². The van der Waals surface area contributed by atoms with Crippen LogP contribution in [-0.4, -0.2) is 26.9 Å². The fourth-order valence-electron chi connectivity index (χ4n) is 1.69. The summed E-state index contributed by atoms with van der Waals surface area (Å²) in [4.78, 5) is 10.1. The number of hydrogen-bond donors (Lipinski definition) is 2. The molecule has 0 aliphatic carbocycles. The summed E-state index contributed by atoms with van der Waals surface area (Å²) in [6.07, 6.45) is 0.665. The minimum atomic E-state index is -3.90. The highest BCUT2D eigenvalue weighted by atomic mass is 32.2. The molecule has 0 amide bonds. The van der Waals surface area contributed by atoms with Crippen molar-refractivity contribution in [2.24, 2.45) is 5.92 Å². The zero-order valence-corrected chi connectivity index (χ0v) is 12.5. The van der Waals surface area contributed by atoms with Crippen molar-refractivity contribution < 1.29 is 13.3 Å². The Bertz CT molecular complexity index is 584. The Morgan fingerprint density at radius 3 is 2.50 bits per heavy atom. The summed E-state index contributed by atoms with van der Waals surface area (Å²) in [7, 11) is -2.39. The van der Waals surface area contributed by atoms with Gasteiger partial charge in [-0.25, -0.2) is 13.1 Å². The van der Waals surface area contributed by atoms with E-state index in [-0.39, 0.29) is 17.1 Å². The highest BCUT2D eigenvalue weighted by Crippen LogP contribution is 2.31. The normalized spacial score (nSPS) is 11.6. The second-order valence-electron chi connectivity index (χ2n) is 4.74. The molecule has 112 valence electrons. The third-order valence-electron chi connectivity index (χ3n) is 2.75. The van der Waals surface area contributed by atoms with Crippen LogP contribution in [-0.2, 0) is 10.0 Å². The Labute approximate surface area is 118 Å². The Kier molecular flexibility index (Phi) is 5.46. The van der Waals surface area contributed by atoms with Gasteiger partial charge in [0.15, 0.2) is 4.90 Å². The van der Waals surface area contributed by atoms with Crippen molar-refractivity contribution >= 4 is 21.4 Å². The molecule has 20 heavy (non-hydrogen) atoms. The minimum absolute atomic E-state index is 0.168. The standard InChI is InChI=1S/C12H19N3O4S/c1-9(2)7-8-14-20(18,19)11-6-4-5-10(13-3)12(11)15(16)17/h4-6,9,13-14H,7-8H2,1-3H3. The quantitative estimate of drug-likeness (QED) is 0.592. The second kappa shape index (κ2) is 6.67. The number of anilines is 1. The molecule has 0 aromatic heterocycles. The second-order valence-corrected chi connectivity index (χ2v) is 6.48. The molecule has 0 bridgehead atoms. The van der Waals surface area contributed by atoms with Gasteiger partial charge in [0.25, 0.3) is 0 Å². The van der Waals surface area contributed by atoms with Gasteiger partial charge < -0.3 is 5.32 Å². The zero-order valence-electron chi connectivity index (χ0n) is 11.7. The van der Waals surface area contributed by atoms with Crippen LogP contribution in [0.2, 0.25) is 0 Å². The highest BCUT2D eigenvalue weighted by molar-refractivity contribution is 7.89. The van der Waals surface area contributed by atoms with Crippen molar-refractivity contribution in [3.63, 3.8) is 0 Å². The lowest BCUT2D eigenvalue weighted by atomic mass is 10.1. The SMILES string of the molecule is CNc1cccc(S(=O)(=O)NCCC(C)C)c1[N+](=O)[O-]. The van der Waals surface area contributed by atoms with E-state index in [1.54, 1.807) is 0 Å². The van der Waals surface area contributed by atoms with Crippen LogP contribution in [0.4, 0.5) is 11.4 Å².